The van der Waals surface area contributed by atoms with Crippen molar-refractivity contribution in [3.8, 4) is 0 Å². The zero-order valence-corrected chi connectivity index (χ0v) is 6.68. The second kappa shape index (κ2) is 3.57. The maximum absolute atomic E-state index is 9.96. The minimum Gasteiger partial charge on any atom is -0.661 e. The maximum atomic E-state index is 9.96. The Balaban J connectivity index is 0.000000640. The van der Waals surface area contributed by atoms with Crippen LogP contribution in [-0.4, -0.2) is 6.29 Å². The molecule has 0 amide bonds. The molecule has 2 nitrogen and oxygen atoms in total. The van der Waals surface area contributed by atoms with E-state index in [0.717, 1.165) is 11.8 Å². The van der Waals surface area contributed by atoms with E-state index >= 15 is 0 Å². The standard InChI is InChI=1S/C6H7NO.Ru/c1-5-2-6(4-8)7-3-5;/h2-4H,1H3,(H,7,8);/q;+1/p-1. The molecular weight excluding hydrogens is 203 g/mol. The first-order chi connectivity index (χ1) is 3.83. The molecule has 0 saturated carbocycles. The average Bonchev–Trinajstić information content (AvgIpc) is 2.14. The van der Waals surface area contributed by atoms with Crippen molar-refractivity contribution in [1.82, 2.24) is 4.98 Å². The molecule has 3 heteroatoms. The zero-order chi connectivity index (χ0) is 5.98. The van der Waals surface area contributed by atoms with E-state index in [2.05, 4.69) is 4.98 Å². The number of hydrogen-bond acceptors (Lipinski definition) is 1. The molecule has 0 atom stereocenters. The van der Waals surface area contributed by atoms with Crippen molar-refractivity contribution in [2.24, 2.45) is 0 Å². The number of nitrogens with zero attached hydrogens (tertiary/aromatic N) is 1. The van der Waals surface area contributed by atoms with Crippen LogP contribution in [0, 0.1) is 6.92 Å². The van der Waals surface area contributed by atoms with Crippen molar-refractivity contribution in [2.75, 3.05) is 0 Å². The first kappa shape index (κ1) is 8.57. The number of rotatable bonds is 1. The predicted octanol–water partition coefficient (Wildman–Crippen LogP) is 0.762. The zero-order valence-electron chi connectivity index (χ0n) is 4.94. The summed E-state index contributed by atoms with van der Waals surface area (Å²) < 4.78 is 0. The Hall–Kier alpha value is -0.427. The van der Waals surface area contributed by atoms with Gasteiger partial charge in [-0.15, -0.1) is 0 Å². The molecule has 1 radical (unpaired) electrons. The Morgan fingerprint density at radius 2 is 2.33 bits per heavy atom. The minimum atomic E-state index is 0. The molecule has 1 heterocycles. The van der Waals surface area contributed by atoms with E-state index in [1.165, 1.54) is 0 Å². The number of aryl methyl sites for hydroxylation is 1. The van der Waals surface area contributed by atoms with Crippen LogP contribution in [0.15, 0.2) is 12.3 Å². The van der Waals surface area contributed by atoms with Crippen LogP contribution in [0.2, 0.25) is 0 Å². The van der Waals surface area contributed by atoms with Gasteiger partial charge < -0.3 is 4.98 Å². The monoisotopic (exact) mass is 210 g/mol. The summed E-state index contributed by atoms with van der Waals surface area (Å²) >= 11 is 0. The molecule has 0 aliphatic rings. The van der Waals surface area contributed by atoms with Crippen molar-refractivity contribution in [3.05, 3.63) is 23.5 Å². The molecule has 0 fully saturated rings. The van der Waals surface area contributed by atoms with Crippen LogP contribution in [0.25, 0.3) is 0 Å². The van der Waals surface area contributed by atoms with E-state index < -0.39 is 0 Å². The van der Waals surface area contributed by atoms with Gasteiger partial charge in [-0.2, -0.15) is 6.20 Å². The van der Waals surface area contributed by atoms with Crippen LogP contribution >= 0.6 is 0 Å². The Labute approximate surface area is 66.4 Å². The summed E-state index contributed by atoms with van der Waals surface area (Å²) in [4.78, 5) is 13.7. The molecule has 0 unspecified atom stereocenters. The van der Waals surface area contributed by atoms with Gasteiger partial charge in [0.05, 0.1) is 0 Å². The van der Waals surface area contributed by atoms with Crippen molar-refractivity contribution in [3.63, 3.8) is 0 Å². The minimum absolute atomic E-state index is 0. The van der Waals surface area contributed by atoms with Gasteiger partial charge in [-0.1, -0.05) is 17.3 Å². The van der Waals surface area contributed by atoms with E-state index in [-0.39, 0.29) is 19.5 Å². The fourth-order valence-corrected chi connectivity index (χ4v) is 0.549. The van der Waals surface area contributed by atoms with Gasteiger partial charge in [0.25, 0.3) is 0 Å². The van der Waals surface area contributed by atoms with Gasteiger partial charge in [-0.25, -0.2) is 0 Å². The third kappa shape index (κ3) is 2.10. The van der Waals surface area contributed by atoms with E-state index in [1.807, 2.05) is 6.92 Å². The van der Waals surface area contributed by atoms with E-state index in [0.29, 0.717) is 5.69 Å². The van der Waals surface area contributed by atoms with Crippen molar-refractivity contribution in [2.45, 2.75) is 6.92 Å². The molecule has 0 bridgehead atoms. The van der Waals surface area contributed by atoms with E-state index in [9.17, 15) is 4.79 Å². The van der Waals surface area contributed by atoms with Crippen LogP contribution < -0.4 is 4.98 Å². The van der Waals surface area contributed by atoms with Gasteiger partial charge in [0.1, 0.15) is 6.29 Å². The first-order valence-electron chi connectivity index (χ1n) is 2.37. The molecule has 1 aromatic heterocycles. The summed E-state index contributed by atoms with van der Waals surface area (Å²) in [7, 11) is 0. The first-order valence-corrected chi connectivity index (χ1v) is 2.37. The summed E-state index contributed by atoms with van der Waals surface area (Å²) in [6, 6.07) is 1.74. The maximum Gasteiger partial charge on any atom is 1.00 e. The van der Waals surface area contributed by atoms with E-state index in [4.69, 9.17) is 0 Å². The molecule has 0 N–H and O–H groups in total. The normalized spacial score (nSPS) is 8.11. The fraction of sp³-hybridized carbons (Fsp3) is 0.167. The van der Waals surface area contributed by atoms with Crippen LogP contribution in [0.1, 0.15) is 16.1 Å². The van der Waals surface area contributed by atoms with Crippen LogP contribution in [0.5, 0.6) is 0 Å². The number of aldehydes is 1. The summed E-state index contributed by atoms with van der Waals surface area (Å²) in [6.07, 6.45) is 2.41. The SMILES string of the molecule is Cc1c[n-]c(C=O)c1.[Ru+]. The molecule has 0 spiro atoms. The van der Waals surface area contributed by atoms with Gasteiger partial charge in [0.15, 0.2) is 0 Å². The number of carbonyl (C=O) groups excluding carboxylic acids is 1. The third-order valence-electron chi connectivity index (χ3n) is 0.914. The summed E-state index contributed by atoms with van der Waals surface area (Å²) in [5, 5.41) is 0. The van der Waals surface area contributed by atoms with Crippen LogP contribution in [0.4, 0.5) is 0 Å². The number of aromatic nitrogens is 1. The topological polar surface area (TPSA) is 31.2 Å². The summed E-state index contributed by atoms with van der Waals surface area (Å²) in [6.45, 7) is 1.90. The van der Waals surface area contributed by atoms with Gasteiger partial charge >= 0.3 is 19.5 Å². The average molecular weight is 209 g/mol. The van der Waals surface area contributed by atoms with Crippen molar-refractivity contribution in [1.29, 1.82) is 0 Å². The Bertz CT molecular complexity index is 195. The summed E-state index contributed by atoms with van der Waals surface area (Å²) in [5.74, 6) is 0. The van der Waals surface area contributed by atoms with Crippen molar-refractivity contribution < 1.29 is 24.3 Å². The van der Waals surface area contributed by atoms with Gasteiger partial charge in [0, 0.05) is 0 Å². The van der Waals surface area contributed by atoms with Crippen molar-refractivity contribution >= 4 is 6.29 Å². The summed E-state index contributed by atoms with van der Waals surface area (Å²) in [5.41, 5.74) is 1.55. The second-order valence-corrected chi connectivity index (χ2v) is 1.69. The molecule has 9 heavy (non-hydrogen) atoms. The molecule has 1 aromatic rings. The van der Waals surface area contributed by atoms with Gasteiger partial charge in [-0.05, 0) is 6.92 Å². The van der Waals surface area contributed by atoms with Crippen LogP contribution in [-0.2, 0) is 19.5 Å². The molecule has 0 aliphatic carbocycles. The van der Waals surface area contributed by atoms with Gasteiger partial charge in [0.2, 0.25) is 0 Å². The van der Waals surface area contributed by atoms with E-state index in [1.54, 1.807) is 12.3 Å². The molecule has 0 saturated heterocycles. The number of carbonyl (C=O) groups is 1. The quantitative estimate of drug-likeness (QED) is 0.505. The molecule has 0 aliphatic heterocycles. The molecule has 1 rings (SSSR count). The van der Waals surface area contributed by atoms with Gasteiger partial charge in [-0.3, -0.25) is 4.79 Å². The second-order valence-electron chi connectivity index (χ2n) is 1.69. The Morgan fingerprint density at radius 3 is 2.56 bits per heavy atom. The predicted molar refractivity (Wildman–Crippen MR) is 29.9 cm³/mol. The molecule has 49 valence electrons. The Morgan fingerprint density at radius 1 is 1.67 bits per heavy atom. The van der Waals surface area contributed by atoms with Crippen LogP contribution in [0.3, 0.4) is 0 Å². The third-order valence-corrected chi connectivity index (χ3v) is 0.914. The largest absolute Gasteiger partial charge is 1.00 e. The fourth-order valence-electron chi connectivity index (χ4n) is 0.549. The molecular formula is C6H6NORu. The number of hydrogen-bond donors (Lipinski definition) is 0. The Kier molecular flexibility index (Phi) is 3.40. The smallest absolute Gasteiger partial charge is 0.661 e. The molecule has 0 aromatic carbocycles.